The Morgan fingerprint density at radius 1 is 1.36 bits per heavy atom. The molecule has 0 amide bonds. The molecule has 0 radical (unpaired) electrons. The highest BCUT2D eigenvalue weighted by molar-refractivity contribution is 5.16. The molecule has 1 N–H and O–H groups in total. The summed E-state index contributed by atoms with van der Waals surface area (Å²) in [6, 6.07) is 0. The van der Waals surface area contributed by atoms with Gasteiger partial charge in [-0.2, -0.15) is 0 Å². The van der Waals surface area contributed by atoms with Gasteiger partial charge < -0.3 is 10.0 Å². The van der Waals surface area contributed by atoms with Crippen LogP contribution < -0.4 is 0 Å². The summed E-state index contributed by atoms with van der Waals surface area (Å²) in [6.45, 7) is 1.90. The van der Waals surface area contributed by atoms with E-state index in [0.717, 1.165) is 0 Å². The van der Waals surface area contributed by atoms with Crippen molar-refractivity contribution in [2.24, 2.45) is 0 Å². The molecule has 0 bridgehead atoms. The highest BCUT2D eigenvalue weighted by atomic mass is 16.3. The number of rotatable bonds is 3. The van der Waals surface area contributed by atoms with Gasteiger partial charge in [0.05, 0.1) is 0 Å². The number of nitrogens with zero attached hydrogens (tertiary/aromatic N) is 1. The van der Waals surface area contributed by atoms with Crippen molar-refractivity contribution in [3.8, 4) is 0 Å². The number of aliphatic hydroxyl groups is 1. The van der Waals surface area contributed by atoms with Crippen molar-refractivity contribution in [1.82, 2.24) is 4.90 Å². The fraction of sp³-hybridized carbons (Fsp3) is 0.333. The van der Waals surface area contributed by atoms with E-state index in [2.05, 4.69) is 0 Å². The lowest BCUT2D eigenvalue weighted by Crippen LogP contribution is -1.99. The van der Waals surface area contributed by atoms with E-state index < -0.39 is 0 Å². The predicted molar refractivity (Wildman–Crippen MR) is 48.4 cm³/mol. The molecule has 0 saturated carbocycles. The zero-order valence-corrected chi connectivity index (χ0v) is 7.28. The van der Waals surface area contributed by atoms with Crippen molar-refractivity contribution >= 4 is 0 Å². The molecular formula is C9H15NO. The van der Waals surface area contributed by atoms with Crippen LogP contribution in [0.15, 0.2) is 36.3 Å². The maximum atomic E-state index is 9.13. The number of hydrogen-bond donors (Lipinski definition) is 1. The van der Waals surface area contributed by atoms with Gasteiger partial charge in [0.25, 0.3) is 0 Å². The third kappa shape index (κ3) is 6.71. The van der Waals surface area contributed by atoms with Crippen LogP contribution in [-0.2, 0) is 0 Å². The van der Waals surface area contributed by atoms with Crippen molar-refractivity contribution in [1.29, 1.82) is 0 Å². The van der Waals surface area contributed by atoms with Crippen molar-refractivity contribution in [3.05, 3.63) is 36.3 Å². The summed E-state index contributed by atoms with van der Waals surface area (Å²) in [5.41, 5.74) is 0. The molecule has 11 heavy (non-hydrogen) atoms. The molecule has 0 saturated heterocycles. The van der Waals surface area contributed by atoms with Crippen molar-refractivity contribution in [3.63, 3.8) is 0 Å². The third-order valence-corrected chi connectivity index (χ3v) is 1.00. The molecule has 0 fully saturated rings. The SMILES string of the molecule is C\C=C/C=C(O)\C=C/N(C)C. The molecule has 2 heteroatoms. The maximum Gasteiger partial charge on any atom is 0.117 e. The first kappa shape index (κ1) is 9.82. The lowest BCUT2D eigenvalue weighted by atomic mass is 10.4. The Kier molecular flexibility index (Phi) is 4.99. The summed E-state index contributed by atoms with van der Waals surface area (Å²) in [7, 11) is 3.80. The Labute approximate surface area is 68.1 Å². The van der Waals surface area contributed by atoms with Crippen LogP contribution >= 0.6 is 0 Å². The highest BCUT2D eigenvalue weighted by Crippen LogP contribution is 1.92. The van der Waals surface area contributed by atoms with Crippen molar-refractivity contribution in [2.45, 2.75) is 6.92 Å². The minimum Gasteiger partial charge on any atom is -0.508 e. The summed E-state index contributed by atoms with van der Waals surface area (Å²) in [5, 5.41) is 9.13. The minimum absolute atomic E-state index is 0.261. The first-order valence-corrected chi connectivity index (χ1v) is 3.53. The predicted octanol–water partition coefficient (Wildman–Crippen LogP) is 2.08. The molecule has 0 spiro atoms. The first-order chi connectivity index (χ1) is 5.16. The zero-order valence-electron chi connectivity index (χ0n) is 7.28. The van der Waals surface area contributed by atoms with E-state index in [1.54, 1.807) is 24.4 Å². The monoisotopic (exact) mass is 153 g/mol. The van der Waals surface area contributed by atoms with E-state index in [-0.39, 0.29) is 5.76 Å². The Bertz CT molecular complexity index is 178. The molecule has 0 rings (SSSR count). The van der Waals surface area contributed by atoms with Crippen LogP contribution in [0.4, 0.5) is 0 Å². The van der Waals surface area contributed by atoms with E-state index in [1.807, 2.05) is 32.0 Å². The molecule has 0 aliphatic rings. The minimum atomic E-state index is 0.261. The number of allylic oxidation sites excluding steroid dienone is 4. The van der Waals surface area contributed by atoms with Crippen LogP contribution in [0, 0.1) is 0 Å². The lowest BCUT2D eigenvalue weighted by Gasteiger charge is -2.01. The second-order valence-corrected chi connectivity index (χ2v) is 2.40. The van der Waals surface area contributed by atoms with Gasteiger partial charge in [0.15, 0.2) is 0 Å². The lowest BCUT2D eigenvalue weighted by molar-refractivity contribution is 0.429. The average Bonchev–Trinajstić information content (AvgIpc) is 1.97. The average molecular weight is 153 g/mol. The smallest absolute Gasteiger partial charge is 0.117 e. The Hall–Kier alpha value is -1.18. The molecule has 0 unspecified atom stereocenters. The summed E-state index contributed by atoms with van der Waals surface area (Å²) < 4.78 is 0. The maximum absolute atomic E-state index is 9.13. The molecule has 2 nitrogen and oxygen atoms in total. The van der Waals surface area contributed by atoms with Crippen LogP contribution in [0.1, 0.15) is 6.92 Å². The van der Waals surface area contributed by atoms with Crippen LogP contribution in [0.5, 0.6) is 0 Å². The first-order valence-electron chi connectivity index (χ1n) is 3.53. The van der Waals surface area contributed by atoms with Crippen LogP contribution in [0.25, 0.3) is 0 Å². The fourth-order valence-corrected chi connectivity index (χ4v) is 0.476. The van der Waals surface area contributed by atoms with Gasteiger partial charge in [0, 0.05) is 20.3 Å². The Balaban J connectivity index is 3.94. The molecule has 0 heterocycles. The molecule has 0 aromatic rings. The fourth-order valence-electron chi connectivity index (χ4n) is 0.476. The normalized spacial score (nSPS) is 13.2. The van der Waals surface area contributed by atoms with Gasteiger partial charge in [0.1, 0.15) is 5.76 Å². The zero-order chi connectivity index (χ0) is 8.69. The van der Waals surface area contributed by atoms with Gasteiger partial charge in [-0.25, -0.2) is 0 Å². The summed E-state index contributed by atoms with van der Waals surface area (Å²) >= 11 is 0. The van der Waals surface area contributed by atoms with E-state index >= 15 is 0 Å². The van der Waals surface area contributed by atoms with Gasteiger partial charge in [-0.1, -0.05) is 12.2 Å². The van der Waals surface area contributed by atoms with Crippen LogP contribution in [0.3, 0.4) is 0 Å². The van der Waals surface area contributed by atoms with E-state index in [9.17, 15) is 0 Å². The van der Waals surface area contributed by atoms with Gasteiger partial charge >= 0.3 is 0 Å². The Morgan fingerprint density at radius 2 is 2.00 bits per heavy atom. The van der Waals surface area contributed by atoms with Gasteiger partial charge in [-0.05, 0) is 19.1 Å². The summed E-state index contributed by atoms with van der Waals surface area (Å²) in [6.07, 6.45) is 8.71. The van der Waals surface area contributed by atoms with Crippen LogP contribution in [-0.4, -0.2) is 24.1 Å². The molecule has 0 aliphatic heterocycles. The summed E-state index contributed by atoms with van der Waals surface area (Å²) in [5.74, 6) is 0.261. The molecular weight excluding hydrogens is 138 g/mol. The van der Waals surface area contributed by atoms with Crippen molar-refractivity contribution < 1.29 is 5.11 Å². The van der Waals surface area contributed by atoms with Gasteiger partial charge in [0.2, 0.25) is 0 Å². The molecule has 0 aliphatic carbocycles. The molecule has 0 atom stereocenters. The standard InChI is InChI=1S/C9H15NO/c1-4-5-6-9(11)7-8-10(2)3/h4-8,11H,1-3H3/b5-4-,8-7-,9-6+. The van der Waals surface area contributed by atoms with Gasteiger partial charge in [-0.3, -0.25) is 0 Å². The number of aliphatic hydroxyl groups excluding tert-OH is 1. The number of hydrogen-bond acceptors (Lipinski definition) is 2. The van der Waals surface area contributed by atoms with E-state index in [4.69, 9.17) is 5.11 Å². The largest absolute Gasteiger partial charge is 0.508 e. The quantitative estimate of drug-likeness (QED) is 0.495. The highest BCUT2D eigenvalue weighted by Gasteiger charge is 1.81. The molecule has 0 aromatic carbocycles. The molecule has 62 valence electrons. The Morgan fingerprint density at radius 3 is 2.45 bits per heavy atom. The van der Waals surface area contributed by atoms with Gasteiger partial charge in [-0.15, -0.1) is 0 Å². The molecule has 0 aromatic heterocycles. The third-order valence-electron chi connectivity index (χ3n) is 1.00. The van der Waals surface area contributed by atoms with Crippen molar-refractivity contribution in [2.75, 3.05) is 14.1 Å². The van der Waals surface area contributed by atoms with E-state index in [0.29, 0.717) is 0 Å². The van der Waals surface area contributed by atoms with E-state index in [1.165, 1.54) is 0 Å². The van der Waals surface area contributed by atoms with Crippen LogP contribution in [0.2, 0.25) is 0 Å². The topological polar surface area (TPSA) is 23.5 Å². The summed E-state index contributed by atoms with van der Waals surface area (Å²) in [4.78, 5) is 1.86. The second kappa shape index (κ2) is 5.59. The second-order valence-electron chi connectivity index (χ2n) is 2.40.